The predicted octanol–water partition coefficient (Wildman–Crippen LogP) is 0.555. The van der Waals surface area contributed by atoms with Gasteiger partial charge >= 0.3 is 18.3 Å². The van der Waals surface area contributed by atoms with Crippen LogP contribution in [-0.4, -0.2) is 79.2 Å². The minimum atomic E-state index is -1.35. The Hall–Kier alpha value is -3.13. The molecule has 1 aromatic rings. The van der Waals surface area contributed by atoms with Crippen molar-refractivity contribution in [3.05, 3.63) is 35.9 Å². The number of nitrogens with one attached hydrogen (secondary N) is 3. The van der Waals surface area contributed by atoms with Gasteiger partial charge in [0.15, 0.2) is 24.8 Å². The summed E-state index contributed by atoms with van der Waals surface area (Å²) in [6.07, 6.45) is -9.60. The molecule has 4 unspecified atom stereocenters. The first-order valence-corrected chi connectivity index (χ1v) is 11.8. The van der Waals surface area contributed by atoms with E-state index in [1.165, 1.54) is 0 Å². The number of fused-ring (bicyclic) bond motifs is 2. The van der Waals surface area contributed by atoms with Crippen molar-refractivity contribution in [2.45, 2.75) is 69.7 Å². The summed E-state index contributed by atoms with van der Waals surface area (Å²) in [7, 11) is 0. The highest BCUT2D eigenvalue weighted by molar-refractivity contribution is 5.70. The molecule has 4 fully saturated rings. The first kappa shape index (κ1) is 24.6. The Balaban J connectivity index is 1.29. The molecule has 5 rings (SSSR count). The lowest BCUT2D eigenvalue weighted by Crippen LogP contribution is -2.66. The van der Waals surface area contributed by atoms with Crippen LogP contribution in [0.2, 0.25) is 0 Å². The van der Waals surface area contributed by atoms with Crippen molar-refractivity contribution in [1.29, 1.82) is 0 Å². The minimum absolute atomic E-state index is 0.0223. The molecule has 3 amide bonds. The van der Waals surface area contributed by atoms with Crippen LogP contribution in [-0.2, 0) is 35.0 Å². The number of alkyl carbamates (subject to hydrolysis) is 3. The quantitative estimate of drug-likeness (QED) is 0.414. The highest BCUT2D eigenvalue weighted by atomic mass is 16.7. The largest absolute Gasteiger partial charge is 0.445 e. The second kappa shape index (κ2) is 10.1. The number of ether oxygens (including phenoxy) is 6. The molecule has 0 spiro atoms. The van der Waals surface area contributed by atoms with E-state index in [1.54, 1.807) is 0 Å². The van der Waals surface area contributed by atoms with E-state index in [0.717, 1.165) is 5.56 Å². The molecular weight excluding hydrogens is 478 g/mol. The first-order chi connectivity index (χ1) is 17.3. The van der Waals surface area contributed by atoms with E-state index in [-0.39, 0.29) is 25.0 Å². The van der Waals surface area contributed by atoms with Crippen LogP contribution in [0.5, 0.6) is 0 Å². The topological polar surface area (TPSA) is 163 Å². The number of aliphatic hydroxyl groups excluding tert-OH is 1. The average molecular weight is 507 g/mol. The fourth-order valence-electron chi connectivity index (χ4n) is 4.80. The third-order valence-corrected chi connectivity index (χ3v) is 6.97. The van der Waals surface area contributed by atoms with Crippen LogP contribution in [0.3, 0.4) is 0 Å². The molecule has 13 heteroatoms. The number of hydrogen-bond donors (Lipinski definition) is 4. The molecule has 0 radical (unpaired) electrons. The molecule has 4 saturated heterocycles. The van der Waals surface area contributed by atoms with Gasteiger partial charge in [0.05, 0.1) is 6.54 Å². The lowest BCUT2D eigenvalue weighted by molar-refractivity contribution is -0.319. The van der Waals surface area contributed by atoms with Gasteiger partial charge in [0.1, 0.15) is 31.0 Å². The number of carbonyl (C=O) groups excluding carboxylic acids is 3. The second-order valence-electron chi connectivity index (χ2n) is 9.30. The highest BCUT2D eigenvalue weighted by Crippen LogP contribution is 2.37. The SMILES string of the molecule is CC1[C@@H](O[C@@H]2C(NC(=O)OCc3ccccc3)O[C@H]3NC(=O)OC3[C@H]2O)OC2CNC(=O)O[C@H]2[C@@H]1C. The summed E-state index contributed by atoms with van der Waals surface area (Å²) in [6, 6.07) is 9.11. The molecule has 4 aliphatic heterocycles. The Morgan fingerprint density at radius 2 is 1.83 bits per heavy atom. The zero-order valence-corrected chi connectivity index (χ0v) is 19.7. The lowest BCUT2D eigenvalue weighted by atomic mass is 9.84. The molecule has 0 saturated carbocycles. The standard InChI is InChI=1S/C23H29N3O10/c1-10-11(2)20(32-13-8-24-21(28)34-15(10)13)33-16-14(27)17-19(26-23(30)35-17)36-18(16)25-22(29)31-9-12-6-4-3-5-7-12/h3-7,10-11,13-20,27H,8-9H2,1-2H3,(H,24,28)(H,25,29)(H,26,30)/t10-,11?,13?,14+,15+,16+,17?,18?,19-,20-/m1/s1. The molecule has 4 heterocycles. The van der Waals surface area contributed by atoms with Crippen molar-refractivity contribution >= 4 is 18.3 Å². The molecule has 10 atom stereocenters. The zero-order valence-electron chi connectivity index (χ0n) is 19.7. The van der Waals surface area contributed by atoms with Gasteiger partial charge in [-0.05, 0) is 5.56 Å². The third-order valence-electron chi connectivity index (χ3n) is 6.97. The highest BCUT2D eigenvalue weighted by Gasteiger charge is 2.55. The molecular formula is C23H29N3O10. The van der Waals surface area contributed by atoms with Gasteiger partial charge in [-0.3, -0.25) is 10.6 Å². The summed E-state index contributed by atoms with van der Waals surface area (Å²) in [5.74, 6) is -0.376. The van der Waals surface area contributed by atoms with Crippen molar-refractivity contribution in [3.8, 4) is 0 Å². The van der Waals surface area contributed by atoms with Crippen LogP contribution in [0.15, 0.2) is 30.3 Å². The molecule has 1 aromatic carbocycles. The number of rotatable bonds is 5. The number of hydrogen-bond acceptors (Lipinski definition) is 10. The van der Waals surface area contributed by atoms with E-state index in [1.807, 2.05) is 44.2 Å². The molecule has 4 aliphatic rings. The number of amides is 3. The monoisotopic (exact) mass is 507 g/mol. The Labute approximate surface area is 206 Å². The van der Waals surface area contributed by atoms with Gasteiger partial charge in [-0.25, -0.2) is 14.4 Å². The second-order valence-corrected chi connectivity index (χ2v) is 9.30. The van der Waals surface area contributed by atoms with Crippen molar-refractivity contribution < 1.29 is 47.9 Å². The van der Waals surface area contributed by atoms with Crippen molar-refractivity contribution in [2.75, 3.05) is 6.54 Å². The summed E-state index contributed by atoms with van der Waals surface area (Å²) in [4.78, 5) is 36.0. The zero-order chi connectivity index (χ0) is 25.4. The van der Waals surface area contributed by atoms with Crippen molar-refractivity contribution in [3.63, 3.8) is 0 Å². The van der Waals surface area contributed by atoms with Gasteiger partial charge < -0.3 is 38.8 Å². The van der Waals surface area contributed by atoms with Crippen LogP contribution in [0.25, 0.3) is 0 Å². The van der Waals surface area contributed by atoms with Crippen molar-refractivity contribution in [2.24, 2.45) is 11.8 Å². The Kier molecular flexibility index (Phi) is 6.88. The van der Waals surface area contributed by atoms with Gasteiger partial charge in [-0.2, -0.15) is 0 Å². The van der Waals surface area contributed by atoms with Gasteiger partial charge in [0.2, 0.25) is 0 Å². The van der Waals surface area contributed by atoms with Gasteiger partial charge in [-0.1, -0.05) is 44.2 Å². The molecule has 36 heavy (non-hydrogen) atoms. The van der Waals surface area contributed by atoms with E-state index >= 15 is 0 Å². The number of benzene rings is 1. The van der Waals surface area contributed by atoms with Gasteiger partial charge in [0, 0.05) is 11.8 Å². The summed E-state index contributed by atoms with van der Waals surface area (Å²) in [5, 5.41) is 18.7. The maximum atomic E-state index is 12.6. The maximum absolute atomic E-state index is 12.6. The van der Waals surface area contributed by atoms with E-state index in [9.17, 15) is 19.5 Å². The van der Waals surface area contributed by atoms with E-state index in [0.29, 0.717) is 0 Å². The summed E-state index contributed by atoms with van der Waals surface area (Å²) in [5.41, 5.74) is 0.788. The van der Waals surface area contributed by atoms with Gasteiger partial charge in [-0.15, -0.1) is 0 Å². The maximum Gasteiger partial charge on any atom is 0.409 e. The predicted molar refractivity (Wildman–Crippen MR) is 118 cm³/mol. The molecule has 13 nitrogen and oxygen atoms in total. The number of aliphatic hydroxyl groups is 1. The van der Waals surface area contributed by atoms with E-state index in [4.69, 9.17) is 28.4 Å². The average Bonchev–Trinajstić information content (AvgIpc) is 3.24. The molecule has 196 valence electrons. The smallest absolute Gasteiger partial charge is 0.409 e. The first-order valence-electron chi connectivity index (χ1n) is 11.8. The van der Waals surface area contributed by atoms with Crippen molar-refractivity contribution in [1.82, 2.24) is 16.0 Å². The fourth-order valence-corrected chi connectivity index (χ4v) is 4.80. The summed E-state index contributed by atoms with van der Waals surface area (Å²) >= 11 is 0. The molecule has 4 N–H and O–H groups in total. The lowest BCUT2D eigenvalue weighted by Gasteiger charge is -2.48. The normalized spacial score (nSPS) is 39.4. The third kappa shape index (κ3) is 4.91. The van der Waals surface area contributed by atoms with Crippen LogP contribution < -0.4 is 16.0 Å². The Morgan fingerprint density at radius 3 is 2.61 bits per heavy atom. The number of carbonyl (C=O) groups is 3. The molecule has 0 aromatic heterocycles. The Bertz CT molecular complexity index is 978. The molecule has 0 aliphatic carbocycles. The fraction of sp³-hybridized carbons (Fsp3) is 0.609. The van der Waals surface area contributed by atoms with Gasteiger partial charge in [0.25, 0.3) is 0 Å². The van der Waals surface area contributed by atoms with Crippen LogP contribution in [0, 0.1) is 11.8 Å². The van der Waals surface area contributed by atoms with E-state index < -0.39 is 67.5 Å². The molecule has 0 bridgehead atoms. The summed E-state index contributed by atoms with van der Waals surface area (Å²) < 4.78 is 33.9. The Morgan fingerprint density at radius 1 is 1.08 bits per heavy atom. The van der Waals surface area contributed by atoms with Crippen LogP contribution in [0.1, 0.15) is 19.4 Å². The van der Waals surface area contributed by atoms with Crippen LogP contribution >= 0.6 is 0 Å². The van der Waals surface area contributed by atoms with E-state index in [2.05, 4.69) is 16.0 Å². The minimum Gasteiger partial charge on any atom is -0.445 e. The van der Waals surface area contributed by atoms with Crippen LogP contribution in [0.4, 0.5) is 14.4 Å². The summed E-state index contributed by atoms with van der Waals surface area (Å²) in [6.45, 7) is 4.05.